The summed E-state index contributed by atoms with van der Waals surface area (Å²) in [5.74, 6) is 1.56. The summed E-state index contributed by atoms with van der Waals surface area (Å²) in [6.45, 7) is 1.43. The van der Waals surface area contributed by atoms with Crippen LogP contribution in [0.3, 0.4) is 0 Å². The molecule has 0 bridgehead atoms. The summed E-state index contributed by atoms with van der Waals surface area (Å²) in [5.41, 5.74) is 1.86. The molecule has 0 aliphatic carbocycles. The van der Waals surface area contributed by atoms with Crippen molar-refractivity contribution < 1.29 is 14.2 Å². The molecule has 1 aliphatic rings. The van der Waals surface area contributed by atoms with Gasteiger partial charge in [0.25, 0.3) is 0 Å². The number of hydrogen-bond donors (Lipinski definition) is 1. The first-order valence-electron chi connectivity index (χ1n) is 9.72. The van der Waals surface area contributed by atoms with E-state index in [4.69, 9.17) is 42.4 Å². The van der Waals surface area contributed by atoms with Crippen LogP contribution in [0.2, 0.25) is 10.0 Å². The highest BCUT2D eigenvalue weighted by Crippen LogP contribution is 2.46. The van der Waals surface area contributed by atoms with Gasteiger partial charge in [-0.05, 0) is 25.2 Å². The fraction of sp³-hybridized carbons (Fsp3) is 0.381. The van der Waals surface area contributed by atoms with Gasteiger partial charge in [0.05, 0.1) is 30.0 Å². The lowest BCUT2D eigenvalue weighted by atomic mass is 10.1. The number of fused-ring (bicyclic) bond motifs is 1. The Morgan fingerprint density at radius 2 is 1.74 bits per heavy atom. The van der Waals surface area contributed by atoms with Crippen molar-refractivity contribution >= 4 is 51.7 Å². The quantitative estimate of drug-likeness (QED) is 0.374. The second-order valence-electron chi connectivity index (χ2n) is 6.97. The minimum absolute atomic E-state index is 0.234. The van der Waals surface area contributed by atoms with Crippen LogP contribution in [0.4, 0.5) is 5.82 Å². The minimum Gasteiger partial charge on any atom is -0.495 e. The highest BCUT2D eigenvalue weighted by molar-refractivity contribution is 7.98. The van der Waals surface area contributed by atoms with Gasteiger partial charge in [0, 0.05) is 42.5 Å². The van der Waals surface area contributed by atoms with E-state index in [1.165, 1.54) is 11.8 Å². The van der Waals surface area contributed by atoms with Crippen molar-refractivity contribution in [3.05, 3.63) is 28.4 Å². The van der Waals surface area contributed by atoms with Crippen molar-refractivity contribution in [3.63, 3.8) is 0 Å². The molecule has 1 saturated heterocycles. The van der Waals surface area contributed by atoms with E-state index in [0.717, 1.165) is 23.7 Å². The molecule has 2 aromatic heterocycles. The van der Waals surface area contributed by atoms with Gasteiger partial charge in [-0.3, -0.25) is 0 Å². The molecule has 7 nitrogen and oxygen atoms in total. The van der Waals surface area contributed by atoms with Gasteiger partial charge in [0.1, 0.15) is 17.0 Å². The SMILES string of the molecule is COc1cc(OC)c(Cl)c(-c2cc3cnc(SC)nc3c(NC3CCOCC3)n2)c1Cl. The summed E-state index contributed by atoms with van der Waals surface area (Å²) >= 11 is 14.8. The second-order valence-corrected chi connectivity index (χ2v) is 8.49. The van der Waals surface area contributed by atoms with E-state index in [-0.39, 0.29) is 6.04 Å². The normalized spacial score (nSPS) is 14.6. The van der Waals surface area contributed by atoms with Crippen LogP contribution in [0.15, 0.2) is 23.5 Å². The van der Waals surface area contributed by atoms with Gasteiger partial charge >= 0.3 is 0 Å². The Labute approximate surface area is 194 Å². The summed E-state index contributed by atoms with van der Waals surface area (Å²) in [6, 6.07) is 3.77. The molecule has 3 aromatic rings. The number of thioether (sulfide) groups is 1. The molecule has 4 rings (SSSR count). The summed E-state index contributed by atoms with van der Waals surface area (Å²) in [6.07, 6.45) is 5.51. The molecular formula is C21H22Cl2N4O3S. The van der Waals surface area contributed by atoms with Crippen molar-refractivity contribution in [1.82, 2.24) is 15.0 Å². The number of rotatable bonds is 6. The Kier molecular flexibility index (Phi) is 6.91. The molecule has 0 amide bonds. The lowest BCUT2D eigenvalue weighted by molar-refractivity contribution is 0.0904. The van der Waals surface area contributed by atoms with Crippen LogP contribution in [0.1, 0.15) is 12.8 Å². The maximum atomic E-state index is 6.64. The maximum Gasteiger partial charge on any atom is 0.187 e. The van der Waals surface area contributed by atoms with Crippen LogP contribution in [-0.2, 0) is 4.74 Å². The van der Waals surface area contributed by atoms with Gasteiger partial charge < -0.3 is 19.5 Å². The highest BCUT2D eigenvalue weighted by atomic mass is 35.5. The molecule has 3 heterocycles. The van der Waals surface area contributed by atoms with E-state index in [0.29, 0.717) is 57.0 Å². The van der Waals surface area contributed by atoms with Gasteiger partial charge in [0.15, 0.2) is 11.0 Å². The van der Waals surface area contributed by atoms with Gasteiger partial charge in [-0.15, -0.1) is 0 Å². The van der Waals surface area contributed by atoms with Crippen LogP contribution in [0.5, 0.6) is 11.5 Å². The zero-order chi connectivity index (χ0) is 22.0. The van der Waals surface area contributed by atoms with Gasteiger partial charge in [0.2, 0.25) is 0 Å². The average Bonchev–Trinajstić information content (AvgIpc) is 2.80. The summed E-state index contributed by atoms with van der Waals surface area (Å²) in [5, 5.41) is 5.76. The lowest BCUT2D eigenvalue weighted by Crippen LogP contribution is -2.28. The minimum atomic E-state index is 0.234. The Bertz CT molecular complexity index is 1080. The topological polar surface area (TPSA) is 78.4 Å². The first-order valence-corrected chi connectivity index (χ1v) is 11.7. The number of aromatic nitrogens is 3. The smallest absolute Gasteiger partial charge is 0.187 e. The first kappa shape index (κ1) is 22.2. The van der Waals surface area contributed by atoms with Crippen LogP contribution in [0.25, 0.3) is 22.2 Å². The lowest BCUT2D eigenvalue weighted by Gasteiger charge is -2.24. The van der Waals surface area contributed by atoms with E-state index in [2.05, 4.69) is 15.3 Å². The van der Waals surface area contributed by atoms with Gasteiger partial charge in [-0.2, -0.15) is 0 Å². The fourth-order valence-electron chi connectivity index (χ4n) is 3.50. The molecule has 0 spiro atoms. The number of nitrogens with one attached hydrogen (secondary N) is 1. The van der Waals surface area contributed by atoms with Crippen LogP contribution < -0.4 is 14.8 Å². The number of halogens is 2. The van der Waals surface area contributed by atoms with Crippen LogP contribution in [-0.4, -0.2) is 54.7 Å². The van der Waals surface area contributed by atoms with Crippen LogP contribution >= 0.6 is 35.0 Å². The molecule has 1 fully saturated rings. The zero-order valence-electron chi connectivity index (χ0n) is 17.4. The molecule has 1 N–H and O–H groups in total. The first-order chi connectivity index (χ1) is 15.0. The molecular weight excluding hydrogens is 459 g/mol. The zero-order valence-corrected chi connectivity index (χ0v) is 19.7. The number of anilines is 1. The standard InChI is InChI=1S/C21H22Cl2N4O3S/c1-28-14-9-15(29-2)18(23)16(17(14)22)13-8-11-10-24-21(31-3)27-19(11)20(26-13)25-12-4-6-30-7-5-12/h8-10,12H,4-7H2,1-3H3,(H,25,26). The van der Waals surface area contributed by atoms with E-state index < -0.39 is 0 Å². The number of methoxy groups -OCH3 is 2. The number of benzene rings is 1. The van der Waals surface area contributed by atoms with E-state index in [1.54, 1.807) is 26.5 Å². The monoisotopic (exact) mass is 480 g/mol. The summed E-state index contributed by atoms with van der Waals surface area (Å²) < 4.78 is 16.3. The van der Waals surface area contributed by atoms with Crippen molar-refractivity contribution in [2.75, 3.05) is 39.0 Å². The molecule has 1 aromatic carbocycles. The molecule has 0 atom stereocenters. The van der Waals surface area contributed by atoms with E-state index in [1.807, 2.05) is 12.3 Å². The maximum absolute atomic E-state index is 6.64. The van der Waals surface area contributed by atoms with E-state index >= 15 is 0 Å². The molecule has 0 radical (unpaired) electrons. The summed E-state index contributed by atoms with van der Waals surface area (Å²) in [7, 11) is 3.09. The third-order valence-corrected chi connectivity index (χ3v) is 6.43. The van der Waals surface area contributed by atoms with Gasteiger partial charge in [-0.1, -0.05) is 35.0 Å². The highest BCUT2D eigenvalue weighted by Gasteiger charge is 2.23. The number of pyridine rings is 1. The van der Waals surface area contributed by atoms with Crippen molar-refractivity contribution in [1.29, 1.82) is 0 Å². The molecule has 0 unspecified atom stereocenters. The van der Waals surface area contributed by atoms with Crippen molar-refractivity contribution in [3.8, 4) is 22.8 Å². The van der Waals surface area contributed by atoms with Crippen molar-refractivity contribution in [2.45, 2.75) is 24.0 Å². The largest absolute Gasteiger partial charge is 0.495 e. The summed E-state index contributed by atoms with van der Waals surface area (Å²) in [4.78, 5) is 14.0. The average molecular weight is 481 g/mol. The Balaban J connectivity index is 1.91. The van der Waals surface area contributed by atoms with E-state index in [9.17, 15) is 0 Å². The third-order valence-electron chi connectivity index (χ3n) is 5.12. The Hall–Kier alpha value is -2.00. The molecule has 164 valence electrons. The number of hydrogen-bond acceptors (Lipinski definition) is 8. The van der Waals surface area contributed by atoms with Crippen molar-refractivity contribution in [2.24, 2.45) is 0 Å². The van der Waals surface area contributed by atoms with Gasteiger partial charge in [-0.25, -0.2) is 15.0 Å². The molecule has 31 heavy (non-hydrogen) atoms. The predicted octanol–water partition coefficient (Wildman–Crippen LogP) is 5.33. The Morgan fingerprint density at radius 1 is 1.06 bits per heavy atom. The fourth-order valence-corrected chi connectivity index (χ4v) is 4.53. The molecule has 1 aliphatic heterocycles. The second kappa shape index (κ2) is 9.65. The number of nitrogens with zero attached hydrogens (tertiary/aromatic N) is 3. The van der Waals surface area contributed by atoms with Crippen LogP contribution in [0, 0.1) is 0 Å². The predicted molar refractivity (Wildman–Crippen MR) is 125 cm³/mol. The third kappa shape index (κ3) is 4.48. The Morgan fingerprint density at radius 3 is 2.35 bits per heavy atom. The molecule has 0 saturated carbocycles. The number of ether oxygens (including phenoxy) is 3. The molecule has 10 heteroatoms.